The molecular weight excluding hydrogens is 608 g/mol. The van der Waals surface area contributed by atoms with E-state index in [1.165, 1.54) is 13.2 Å². The number of nitrogens with one attached hydrogen (secondary N) is 2. The molecule has 5 N–H and O–H groups in total. The average Bonchev–Trinajstić information content (AvgIpc) is 3.43. The molecule has 47 heavy (non-hydrogen) atoms. The Labute approximate surface area is 277 Å². The summed E-state index contributed by atoms with van der Waals surface area (Å²) in [6.07, 6.45) is 8.34. The van der Waals surface area contributed by atoms with Gasteiger partial charge in [0.2, 0.25) is 11.8 Å². The van der Waals surface area contributed by atoms with Crippen LogP contribution in [0.4, 0.5) is 0 Å². The molecule has 12 heteroatoms. The van der Waals surface area contributed by atoms with E-state index in [4.69, 9.17) is 29.2 Å². The van der Waals surface area contributed by atoms with E-state index < -0.39 is 54.0 Å². The van der Waals surface area contributed by atoms with Crippen LogP contribution in [0.1, 0.15) is 94.5 Å². The van der Waals surface area contributed by atoms with Crippen LogP contribution in [0, 0.1) is 0 Å². The third-order valence-electron chi connectivity index (χ3n) is 8.25. The van der Waals surface area contributed by atoms with Gasteiger partial charge in [-0.3, -0.25) is 9.59 Å². The number of amides is 2. The van der Waals surface area contributed by atoms with Gasteiger partial charge < -0.3 is 44.9 Å². The van der Waals surface area contributed by atoms with Crippen LogP contribution in [0.2, 0.25) is 0 Å². The molecule has 0 spiro atoms. The van der Waals surface area contributed by atoms with E-state index in [9.17, 15) is 19.5 Å². The SMILES string of the molecule is CCCCCC1(CCCCC)OC2C=C(C(=O)NC(C(=O)NCCO)C(C)O)CC(OC(=O)c3ccccc3C=COCCO)C2O1. The highest BCUT2D eigenvalue weighted by Crippen LogP contribution is 2.43. The fourth-order valence-electron chi connectivity index (χ4n) is 5.80. The average molecular weight is 661 g/mol. The lowest BCUT2D eigenvalue weighted by Crippen LogP contribution is -2.54. The summed E-state index contributed by atoms with van der Waals surface area (Å²) in [6.45, 7) is 5.27. The molecule has 2 amide bonds. The quantitative estimate of drug-likeness (QED) is 0.0795. The fourth-order valence-corrected chi connectivity index (χ4v) is 5.80. The number of unbranched alkanes of at least 4 members (excludes halogenated alkanes) is 4. The van der Waals surface area contributed by atoms with Gasteiger partial charge in [-0.2, -0.15) is 0 Å². The number of fused-ring (bicyclic) bond motifs is 1. The molecule has 0 bridgehead atoms. The third kappa shape index (κ3) is 11.1. The number of hydrogen-bond donors (Lipinski definition) is 5. The van der Waals surface area contributed by atoms with Crippen LogP contribution < -0.4 is 10.6 Å². The Morgan fingerprint density at radius 3 is 2.38 bits per heavy atom. The van der Waals surface area contributed by atoms with Crippen molar-refractivity contribution in [3.63, 3.8) is 0 Å². The number of carbonyl (C=O) groups excluding carboxylic acids is 3. The number of rotatable bonds is 20. The molecule has 12 nitrogen and oxygen atoms in total. The Hall–Kier alpha value is -3.29. The zero-order chi connectivity index (χ0) is 34.2. The molecule has 1 aromatic rings. The van der Waals surface area contributed by atoms with Gasteiger partial charge in [0.05, 0.1) is 31.1 Å². The van der Waals surface area contributed by atoms with E-state index in [2.05, 4.69) is 24.5 Å². The molecule has 1 fully saturated rings. The molecule has 3 rings (SSSR count). The number of aliphatic hydroxyl groups excluding tert-OH is 3. The summed E-state index contributed by atoms with van der Waals surface area (Å²) in [6, 6.07) is 5.57. The standard InChI is InChI=1S/C35H52N2O10/c1-4-6-10-15-35(16-11-7-5-2)46-29-23-26(32(41)37-30(24(3)40)33(42)36-17-18-38)22-28(31(29)47-35)45-34(43)27-13-9-8-12-25(27)14-20-44-21-19-39/h8-9,12-14,20,23-24,28-31,38-40H,4-7,10-11,15-19,21-22H2,1-3H3,(H,36,42)(H,37,41). The van der Waals surface area contributed by atoms with Crippen LogP contribution in [-0.4, -0.2) is 95.7 Å². The Kier molecular flexibility index (Phi) is 15.8. The maximum atomic E-state index is 13.7. The summed E-state index contributed by atoms with van der Waals surface area (Å²) < 4.78 is 24.6. The molecule has 1 saturated heterocycles. The topological polar surface area (TPSA) is 173 Å². The molecule has 1 aromatic carbocycles. The maximum Gasteiger partial charge on any atom is 0.339 e. The molecule has 1 aliphatic heterocycles. The molecule has 262 valence electrons. The van der Waals surface area contributed by atoms with E-state index in [1.807, 2.05) is 0 Å². The molecule has 0 radical (unpaired) electrons. The second-order valence-electron chi connectivity index (χ2n) is 12.0. The fraction of sp³-hybridized carbons (Fsp3) is 0.629. The zero-order valence-electron chi connectivity index (χ0n) is 27.8. The van der Waals surface area contributed by atoms with Gasteiger partial charge in [-0.1, -0.05) is 57.7 Å². The van der Waals surface area contributed by atoms with Crippen molar-refractivity contribution < 1.29 is 48.7 Å². The number of benzene rings is 1. The summed E-state index contributed by atoms with van der Waals surface area (Å²) in [7, 11) is 0. The van der Waals surface area contributed by atoms with Gasteiger partial charge in [-0.15, -0.1) is 0 Å². The minimum Gasteiger partial charge on any atom is -0.499 e. The van der Waals surface area contributed by atoms with E-state index in [0.717, 1.165) is 38.5 Å². The number of hydrogen-bond acceptors (Lipinski definition) is 10. The van der Waals surface area contributed by atoms with Crippen LogP contribution in [-0.2, 0) is 28.5 Å². The molecule has 0 aromatic heterocycles. The summed E-state index contributed by atoms with van der Waals surface area (Å²) >= 11 is 0. The smallest absolute Gasteiger partial charge is 0.339 e. The molecule has 5 atom stereocenters. The van der Waals surface area contributed by atoms with Crippen molar-refractivity contribution in [2.75, 3.05) is 26.4 Å². The van der Waals surface area contributed by atoms with E-state index in [0.29, 0.717) is 18.4 Å². The normalized spacial score (nSPS) is 21.4. The van der Waals surface area contributed by atoms with Crippen molar-refractivity contribution in [3.05, 3.63) is 53.3 Å². The third-order valence-corrected chi connectivity index (χ3v) is 8.25. The van der Waals surface area contributed by atoms with Gasteiger partial charge in [0.25, 0.3) is 0 Å². The highest BCUT2D eigenvalue weighted by atomic mass is 16.8. The van der Waals surface area contributed by atoms with E-state index >= 15 is 0 Å². The summed E-state index contributed by atoms with van der Waals surface area (Å²) in [5.41, 5.74) is 1.05. The van der Waals surface area contributed by atoms with E-state index in [1.54, 1.807) is 36.4 Å². The first-order chi connectivity index (χ1) is 22.7. The highest BCUT2D eigenvalue weighted by Gasteiger charge is 2.52. The zero-order valence-corrected chi connectivity index (χ0v) is 27.8. The Morgan fingerprint density at radius 2 is 1.74 bits per heavy atom. The van der Waals surface area contributed by atoms with Crippen molar-refractivity contribution in [2.24, 2.45) is 0 Å². The first-order valence-corrected chi connectivity index (χ1v) is 16.8. The van der Waals surface area contributed by atoms with Gasteiger partial charge in [0, 0.05) is 31.4 Å². The maximum absolute atomic E-state index is 13.7. The lowest BCUT2D eigenvalue weighted by atomic mass is 9.91. The van der Waals surface area contributed by atoms with Crippen molar-refractivity contribution >= 4 is 23.9 Å². The predicted octanol–water partition coefficient (Wildman–Crippen LogP) is 3.14. The Bertz CT molecular complexity index is 1210. The molecule has 1 aliphatic carbocycles. The number of ether oxygens (including phenoxy) is 4. The van der Waals surface area contributed by atoms with Crippen LogP contribution in [0.25, 0.3) is 6.08 Å². The second-order valence-corrected chi connectivity index (χ2v) is 12.0. The Balaban J connectivity index is 1.92. The first-order valence-electron chi connectivity index (χ1n) is 16.8. The van der Waals surface area contributed by atoms with Gasteiger partial charge >= 0.3 is 5.97 Å². The van der Waals surface area contributed by atoms with Gasteiger partial charge in [0.1, 0.15) is 31.0 Å². The monoisotopic (exact) mass is 660 g/mol. The molecule has 1 heterocycles. The summed E-state index contributed by atoms with van der Waals surface area (Å²) in [5.74, 6) is -2.78. The lowest BCUT2D eigenvalue weighted by Gasteiger charge is -2.31. The lowest BCUT2D eigenvalue weighted by molar-refractivity contribution is -0.190. The molecule has 0 saturated carbocycles. The minimum atomic E-state index is -1.27. The predicted molar refractivity (Wildman–Crippen MR) is 175 cm³/mol. The van der Waals surface area contributed by atoms with Gasteiger partial charge in [-0.05, 0) is 43.5 Å². The number of esters is 1. The largest absolute Gasteiger partial charge is 0.499 e. The van der Waals surface area contributed by atoms with Crippen molar-refractivity contribution in [1.29, 1.82) is 0 Å². The molecule has 2 aliphatic rings. The summed E-state index contributed by atoms with van der Waals surface area (Å²) in [4.78, 5) is 39.9. The van der Waals surface area contributed by atoms with Crippen molar-refractivity contribution in [3.8, 4) is 0 Å². The van der Waals surface area contributed by atoms with Crippen LogP contribution in [0.5, 0.6) is 0 Å². The minimum absolute atomic E-state index is 0.00942. The molecular formula is C35H52N2O10. The highest BCUT2D eigenvalue weighted by molar-refractivity contribution is 5.98. The molecule has 5 unspecified atom stereocenters. The number of aliphatic hydroxyl groups is 3. The van der Waals surface area contributed by atoms with Crippen LogP contribution in [0.3, 0.4) is 0 Å². The van der Waals surface area contributed by atoms with Gasteiger partial charge in [0.15, 0.2) is 5.79 Å². The van der Waals surface area contributed by atoms with Crippen LogP contribution >= 0.6 is 0 Å². The van der Waals surface area contributed by atoms with Crippen molar-refractivity contribution in [2.45, 2.75) is 115 Å². The van der Waals surface area contributed by atoms with Gasteiger partial charge in [-0.25, -0.2) is 4.79 Å². The number of carbonyl (C=O) groups is 3. The Morgan fingerprint density at radius 1 is 1.04 bits per heavy atom. The second kappa shape index (κ2) is 19.5. The van der Waals surface area contributed by atoms with Crippen molar-refractivity contribution in [1.82, 2.24) is 10.6 Å². The van der Waals surface area contributed by atoms with Crippen LogP contribution in [0.15, 0.2) is 42.2 Å². The van der Waals surface area contributed by atoms with E-state index in [-0.39, 0.29) is 43.9 Å². The summed E-state index contributed by atoms with van der Waals surface area (Å²) in [5, 5.41) is 33.4. The first kappa shape index (κ1) is 38.2.